The number of likely N-dealkylation sites (N-methyl/N-ethyl adjacent to an activating group) is 1. The molecule has 13 heavy (non-hydrogen) atoms. The van der Waals surface area contributed by atoms with Gasteiger partial charge in [-0.05, 0) is 18.6 Å². The van der Waals surface area contributed by atoms with E-state index in [0.717, 1.165) is 11.8 Å². The smallest absolute Gasteiger partial charge is 0.284 e. The van der Waals surface area contributed by atoms with Crippen LogP contribution in [-0.2, 0) is 9.59 Å². The Morgan fingerprint density at radius 2 is 2.00 bits per heavy atom. The highest BCUT2D eigenvalue weighted by atomic mass is 79.9. The largest absolute Gasteiger partial charge is 0.318 e. The quantitative estimate of drug-likeness (QED) is 0.420. The lowest BCUT2D eigenvalue weighted by atomic mass is 10.4. The third kappa shape index (κ3) is 1.88. The molecule has 0 atom stereocenters. The van der Waals surface area contributed by atoms with E-state index in [1.54, 1.807) is 0 Å². The summed E-state index contributed by atoms with van der Waals surface area (Å²) in [5, 5.41) is 1.09. The first-order valence-corrected chi connectivity index (χ1v) is 5.32. The van der Waals surface area contributed by atoms with E-state index in [9.17, 15) is 9.59 Å². The van der Waals surface area contributed by atoms with E-state index < -0.39 is 11.8 Å². The third-order valence-electron chi connectivity index (χ3n) is 1.77. The standard InChI is InChI=1S/C7H9BrN2O2S/c1-9-5(11)6(12)10(7(9)13)4-2-3-8/h2-4H2,1H3. The molecule has 0 aromatic heterocycles. The highest BCUT2D eigenvalue weighted by Crippen LogP contribution is 2.10. The second kappa shape index (κ2) is 4.15. The Kier molecular flexibility index (Phi) is 3.38. The van der Waals surface area contributed by atoms with Gasteiger partial charge >= 0.3 is 11.8 Å². The number of thiocarbonyl (C=S) groups is 1. The number of carbonyl (C=O) groups is 2. The van der Waals surface area contributed by atoms with Crippen molar-refractivity contribution in [2.24, 2.45) is 0 Å². The number of hydrogen-bond acceptors (Lipinski definition) is 3. The minimum atomic E-state index is -0.542. The fourth-order valence-electron chi connectivity index (χ4n) is 1.03. The Hall–Kier alpha value is -0.490. The van der Waals surface area contributed by atoms with Crippen molar-refractivity contribution in [2.75, 3.05) is 18.9 Å². The zero-order chi connectivity index (χ0) is 10.0. The predicted octanol–water partition coefficient (Wildman–Crippen LogP) is 0.357. The minimum Gasteiger partial charge on any atom is -0.284 e. The summed E-state index contributed by atoms with van der Waals surface area (Å²) < 4.78 is 0. The molecule has 0 saturated carbocycles. The molecule has 1 heterocycles. The molecule has 1 rings (SSSR count). The molecule has 0 N–H and O–H groups in total. The van der Waals surface area contributed by atoms with E-state index in [-0.39, 0.29) is 0 Å². The van der Waals surface area contributed by atoms with Crippen molar-refractivity contribution >= 4 is 45.1 Å². The van der Waals surface area contributed by atoms with Gasteiger partial charge in [-0.3, -0.25) is 19.4 Å². The minimum absolute atomic E-state index is 0.302. The van der Waals surface area contributed by atoms with E-state index in [1.165, 1.54) is 16.8 Å². The Morgan fingerprint density at radius 3 is 2.38 bits per heavy atom. The third-order valence-corrected chi connectivity index (χ3v) is 2.82. The number of amides is 2. The summed E-state index contributed by atoms with van der Waals surface area (Å²) in [5.41, 5.74) is 0. The van der Waals surface area contributed by atoms with Crippen molar-refractivity contribution in [3.05, 3.63) is 0 Å². The van der Waals surface area contributed by atoms with Crippen molar-refractivity contribution in [3.63, 3.8) is 0 Å². The van der Waals surface area contributed by atoms with E-state index in [0.29, 0.717) is 11.7 Å². The van der Waals surface area contributed by atoms with Crippen LogP contribution < -0.4 is 0 Å². The average Bonchev–Trinajstić information content (AvgIpc) is 2.30. The van der Waals surface area contributed by atoms with Crippen LogP contribution in [0.3, 0.4) is 0 Å². The van der Waals surface area contributed by atoms with Crippen LogP contribution in [0.5, 0.6) is 0 Å². The van der Waals surface area contributed by atoms with Crippen LogP contribution in [-0.4, -0.2) is 45.6 Å². The molecule has 72 valence electrons. The normalized spacial score (nSPS) is 17.5. The maximum absolute atomic E-state index is 11.3. The van der Waals surface area contributed by atoms with Crippen molar-refractivity contribution in [2.45, 2.75) is 6.42 Å². The Bertz CT molecular complexity index is 269. The molecule has 1 saturated heterocycles. The lowest BCUT2D eigenvalue weighted by molar-refractivity contribution is -0.142. The predicted molar refractivity (Wildman–Crippen MR) is 55.5 cm³/mol. The highest BCUT2D eigenvalue weighted by molar-refractivity contribution is 9.09. The van der Waals surface area contributed by atoms with Crippen LogP contribution >= 0.6 is 28.1 Å². The Morgan fingerprint density at radius 1 is 1.38 bits per heavy atom. The fraction of sp³-hybridized carbons (Fsp3) is 0.571. The van der Waals surface area contributed by atoms with Crippen molar-refractivity contribution in [1.82, 2.24) is 9.80 Å². The van der Waals surface area contributed by atoms with Crippen LogP contribution in [0, 0.1) is 0 Å². The summed E-state index contributed by atoms with van der Waals surface area (Å²) in [7, 11) is 1.51. The molecule has 1 fully saturated rings. The second-order valence-corrected chi connectivity index (χ2v) is 3.80. The molecule has 0 bridgehead atoms. The Balaban J connectivity index is 2.70. The average molecular weight is 265 g/mol. The molecule has 0 radical (unpaired) electrons. The lowest BCUT2D eigenvalue weighted by Gasteiger charge is -2.14. The molecule has 6 heteroatoms. The van der Waals surface area contributed by atoms with Gasteiger partial charge < -0.3 is 0 Å². The summed E-state index contributed by atoms with van der Waals surface area (Å²) >= 11 is 8.17. The molecule has 0 aliphatic carbocycles. The van der Waals surface area contributed by atoms with Gasteiger partial charge in [-0.2, -0.15) is 0 Å². The first kappa shape index (κ1) is 10.6. The number of halogens is 1. The first-order valence-electron chi connectivity index (χ1n) is 3.79. The molecule has 0 spiro atoms. The van der Waals surface area contributed by atoms with E-state index in [2.05, 4.69) is 15.9 Å². The van der Waals surface area contributed by atoms with Gasteiger partial charge in [0.2, 0.25) is 0 Å². The molecule has 0 aromatic carbocycles. The maximum atomic E-state index is 11.3. The van der Waals surface area contributed by atoms with Gasteiger partial charge in [0.15, 0.2) is 5.11 Å². The number of rotatable bonds is 3. The lowest BCUT2D eigenvalue weighted by Crippen LogP contribution is -2.32. The van der Waals surface area contributed by atoms with Gasteiger partial charge in [-0.25, -0.2) is 0 Å². The Labute approximate surface area is 90.0 Å². The summed E-state index contributed by atoms with van der Waals surface area (Å²) in [6.07, 6.45) is 0.785. The zero-order valence-corrected chi connectivity index (χ0v) is 9.52. The first-order chi connectivity index (χ1) is 6.09. The van der Waals surface area contributed by atoms with Crippen molar-refractivity contribution < 1.29 is 9.59 Å². The molecule has 2 amide bonds. The summed E-state index contributed by atoms with van der Waals surface area (Å²) in [4.78, 5) is 24.9. The second-order valence-electron chi connectivity index (χ2n) is 2.65. The molecule has 4 nitrogen and oxygen atoms in total. The van der Waals surface area contributed by atoms with Gasteiger partial charge in [-0.1, -0.05) is 15.9 Å². The van der Waals surface area contributed by atoms with Gasteiger partial charge in [0.05, 0.1) is 0 Å². The number of nitrogens with zero attached hydrogens (tertiary/aromatic N) is 2. The number of hydrogen-bond donors (Lipinski definition) is 0. The monoisotopic (exact) mass is 264 g/mol. The van der Waals surface area contributed by atoms with Gasteiger partial charge in [0, 0.05) is 18.9 Å². The van der Waals surface area contributed by atoms with Gasteiger partial charge in [0.25, 0.3) is 0 Å². The zero-order valence-electron chi connectivity index (χ0n) is 7.12. The fourth-order valence-corrected chi connectivity index (χ4v) is 1.54. The summed E-state index contributed by atoms with van der Waals surface area (Å²) in [5.74, 6) is -1.06. The molecule has 1 aliphatic heterocycles. The maximum Gasteiger partial charge on any atom is 0.318 e. The number of alkyl halides is 1. The molecular weight excluding hydrogens is 256 g/mol. The topological polar surface area (TPSA) is 40.6 Å². The highest BCUT2D eigenvalue weighted by Gasteiger charge is 2.38. The van der Waals surface area contributed by atoms with Crippen LogP contribution in [0.25, 0.3) is 0 Å². The molecule has 0 unspecified atom stereocenters. The van der Waals surface area contributed by atoms with Crippen LogP contribution in [0.1, 0.15) is 6.42 Å². The van der Waals surface area contributed by atoms with Crippen LogP contribution in [0.15, 0.2) is 0 Å². The summed E-state index contributed by atoms with van der Waals surface area (Å²) in [6, 6.07) is 0. The van der Waals surface area contributed by atoms with Crippen LogP contribution in [0.2, 0.25) is 0 Å². The molecule has 0 aromatic rings. The molecule has 1 aliphatic rings. The van der Waals surface area contributed by atoms with E-state index >= 15 is 0 Å². The molecular formula is C7H9BrN2O2S. The van der Waals surface area contributed by atoms with Gasteiger partial charge in [0.1, 0.15) is 0 Å². The van der Waals surface area contributed by atoms with Crippen molar-refractivity contribution in [3.8, 4) is 0 Å². The number of carbonyl (C=O) groups excluding carboxylic acids is 2. The van der Waals surface area contributed by atoms with Crippen LogP contribution in [0.4, 0.5) is 0 Å². The van der Waals surface area contributed by atoms with Gasteiger partial charge in [-0.15, -0.1) is 0 Å². The summed E-state index contributed by atoms with van der Waals surface area (Å²) in [6.45, 7) is 0.499. The van der Waals surface area contributed by atoms with Crippen molar-refractivity contribution in [1.29, 1.82) is 0 Å². The van der Waals surface area contributed by atoms with E-state index in [1.807, 2.05) is 0 Å². The van der Waals surface area contributed by atoms with E-state index in [4.69, 9.17) is 12.2 Å². The SMILES string of the molecule is CN1C(=O)C(=O)N(CCCBr)C1=S.